The molecule has 0 N–H and O–H groups in total. The molecule has 3 aromatic rings. The minimum absolute atomic E-state index is 0.125. The first-order valence-corrected chi connectivity index (χ1v) is 13.4. The van der Waals surface area contributed by atoms with Crippen LogP contribution >= 0.6 is 35.0 Å². The summed E-state index contributed by atoms with van der Waals surface area (Å²) in [5, 5.41) is 10.9. The maximum atomic E-state index is 13.3. The summed E-state index contributed by atoms with van der Waals surface area (Å²) >= 11 is 13.9. The maximum absolute atomic E-state index is 13.3. The predicted molar refractivity (Wildman–Crippen MR) is 154 cm³/mol. The van der Waals surface area contributed by atoms with Crippen molar-refractivity contribution in [3.8, 4) is 17.6 Å². The number of amidine groups is 1. The van der Waals surface area contributed by atoms with Gasteiger partial charge >= 0.3 is 0 Å². The number of hydrogen-bond donors (Lipinski definition) is 0. The minimum Gasteiger partial charge on any atom is -0.493 e. The first-order chi connectivity index (χ1) is 18.3. The normalized spacial score (nSPS) is 15.4. The van der Waals surface area contributed by atoms with Crippen molar-refractivity contribution in [2.45, 2.75) is 20.5 Å². The van der Waals surface area contributed by atoms with E-state index in [-0.39, 0.29) is 18.4 Å². The molecular weight excluding hydrogens is 541 g/mol. The van der Waals surface area contributed by atoms with E-state index < -0.39 is 0 Å². The van der Waals surface area contributed by atoms with Crippen molar-refractivity contribution < 1.29 is 14.3 Å². The van der Waals surface area contributed by atoms with Gasteiger partial charge in [-0.1, -0.05) is 55.2 Å². The summed E-state index contributed by atoms with van der Waals surface area (Å²) < 4.78 is 11.5. The number of hydrogen-bond acceptors (Lipinski definition) is 6. The fraction of sp³-hybridized carbons (Fsp3) is 0.207. The minimum atomic E-state index is -0.125. The van der Waals surface area contributed by atoms with Crippen LogP contribution in [0, 0.1) is 17.2 Å². The van der Waals surface area contributed by atoms with Gasteiger partial charge in [0.1, 0.15) is 6.61 Å². The quantitative estimate of drug-likeness (QED) is 0.261. The van der Waals surface area contributed by atoms with Crippen molar-refractivity contribution in [2.75, 3.05) is 13.7 Å². The van der Waals surface area contributed by atoms with Gasteiger partial charge in [0, 0.05) is 17.1 Å². The molecule has 0 aromatic heterocycles. The van der Waals surface area contributed by atoms with Crippen LogP contribution in [0.5, 0.6) is 11.5 Å². The summed E-state index contributed by atoms with van der Waals surface area (Å²) in [5.41, 5.74) is 2.67. The van der Waals surface area contributed by atoms with Crippen molar-refractivity contribution in [1.29, 1.82) is 5.26 Å². The van der Waals surface area contributed by atoms with Crippen LogP contribution in [0.25, 0.3) is 6.08 Å². The van der Waals surface area contributed by atoms with Gasteiger partial charge in [0.2, 0.25) is 0 Å². The molecule has 0 spiro atoms. The van der Waals surface area contributed by atoms with Crippen LogP contribution in [0.4, 0.5) is 5.69 Å². The summed E-state index contributed by atoms with van der Waals surface area (Å²) in [5.74, 6) is 0.913. The molecule has 1 heterocycles. The highest BCUT2D eigenvalue weighted by Gasteiger charge is 2.34. The molecule has 38 heavy (non-hydrogen) atoms. The Labute approximate surface area is 236 Å². The highest BCUT2D eigenvalue weighted by Crippen LogP contribution is 2.40. The SMILES string of the molecule is COc1cc(/C=C2\SC(=Nc3ccc(Cl)cc3)N(CC(C)C)C2=O)cc(Cl)c1OCc1ccccc1C#N. The number of aliphatic imine (C=N–C) groups is 1. The Bertz CT molecular complexity index is 1450. The van der Waals surface area contributed by atoms with Crippen LogP contribution in [-0.2, 0) is 11.4 Å². The van der Waals surface area contributed by atoms with E-state index in [9.17, 15) is 10.1 Å². The molecule has 0 unspecified atom stereocenters. The standard InChI is InChI=1S/C29H25Cl2N3O3S/c1-18(2)16-34-28(35)26(38-29(34)33-23-10-8-22(30)9-11-23)14-19-12-24(31)27(25(13-19)36-3)37-17-21-7-5-4-6-20(21)15-32/h4-14,18H,16-17H2,1-3H3/b26-14-,33-29?. The van der Waals surface area contributed by atoms with Gasteiger partial charge in [0.15, 0.2) is 16.7 Å². The predicted octanol–water partition coefficient (Wildman–Crippen LogP) is 7.71. The Morgan fingerprint density at radius 1 is 1.13 bits per heavy atom. The Morgan fingerprint density at radius 3 is 2.55 bits per heavy atom. The van der Waals surface area contributed by atoms with Crippen molar-refractivity contribution in [1.82, 2.24) is 4.90 Å². The molecule has 0 radical (unpaired) electrons. The third kappa shape index (κ3) is 6.51. The zero-order chi connectivity index (χ0) is 27.2. The number of methoxy groups -OCH3 is 1. The van der Waals surface area contributed by atoms with E-state index in [1.807, 2.05) is 24.3 Å². The molecule has 1 aliphatic rings. The summed E-state index contributed by atoms with van der Waals surface area (Å²) in [6.45, 7) is 4.80. The second-order valence-corrected chi connectivity index (χ2v) is 10.7. The lowest BCUT2D eigenvalue weighted by Crippen LogP contribution is -2.32. The number of halogens is 2. The molecule has 0 saturated carbocycles. The summed E-state index contributed by atoms with van der Waals surface area (Å²) in [6, 6.07) is 20.0. The third-order valence-corrected chi connectivity index (χ3v) is 7.09. The van der Waals surface area contributed by atoms with E-state index in [2.05, 4.69) is 19.9 Å². The molecule has 0 aliphatic carbocycles. The Kier molecular flexibility index (Phi) is 9.01. The van der Waals surface area contributed by atoms with Crippen LogP contribution in [0.3, 0.4) is 0 Å². The smallest absolute Gasteiger partial charge is 0.266 e. The lowest BCUT2D eigenvalue weighted by atomic mass is 10.1. The van der Waals surface area contributed by atoms with Gasteiger partial charge in [-0.25, -0.2) is 4.99 Å². The highest BCUT2D eigenvalue weighted by atomic mass is 35.5. The van der Waals surface area contributed by atoms with E-state index >= 15 is 0 Å². The lowest BCUT2D eigenvalue weighted by molar-refractivity contribution is -0.122. The number of amides is 1. The number of rotatable bonds is 8. The van der Waals surface area contributed by atoms with Gasteiger partial charge in [0.25, 0.3) is 5.91 Å². The van der Waals surface area contributed by atoms with Gasteiger partial charge in [-0.05, 0) is 71.8 Å². The molecular formula is C29H25Cl2N3O3S. The molecule has 3 aromatic carbocycles. The summed E-state index contributed by atoms with van der Waals surface area (Å²) in [7, 11) is 1.52. The Balaban J connectivity index is 1.62. The fourth-order valence-corrected chi connectivity index (χ4v) is 5.17. The van der Waals surface area contributed by atoms with E-state index in [1.54, 1.807) is 47.4 Å². The molecule has 0 atom stereocenters. The average molecular weight is 567 g/mol. The van der Waals surface area contributed by atoms with Crippen LogP contribution < -0.4 is 9.47 Å². The van der Waals surface area contributed by atoms with Gasteiger partial charge in [-0.2, -0.15) is 5.26 Å². The number of benzene rings is 3. The van der Waals surface area contributed by atoms with Gasteiger partial charge in [0.05, 0.1) is 34.4 Å². The van der Waals surface area contributed by atoms with Crippen molar-refractivity contribution in [3.63, 3.8) is 0 Å². The molecule has 194 valence electrons. The third-order valence-electron chi connectivity index (χ3n) is 5.55. The van der Waals surface area contributed by atoms with Crippen LogP contribution in [-0.4, -0.2) is 29.6 Å². The Hall–Kier alpha value is -3.44. The van der Waals surface area contributed by atoms with E-state index in [0.717, 1.165) is 5.56 Å². The summed E-state index contributed by atoms with van der Waals surface area (Å²) in [4.78, 5) is 20.3. The zero-order valence-corrected chi connectivity index (χ0v) is 23.4. The number of thioether (sulfide) groups is 1. The average Bonchev–Trinajstić information content (AvgIpc) is 3.17. The molecule has 9 heteroatoms. The van der Waals surface area contributed by atoms with E-state index in [4.69, 9.17) is 37.7 Å². The van der Waals surface area contributed by atoms with Crippen LogP contribution in [0.2, 0.25) is 10.0 Å². The second-order valence-electron chi connectivity index (χ2n) is 8.88. The van der Waals surface area contributed by atoms with Gasteiger partial charge in [-0.3, -0.25) is 9.69 Å². The van der Waals surface area contributed by atoms with E-state index in [0.29, 0.717) is 55.0 Å². The van der Waals surface area contributed by atoms with Crippen molar-refractivity contribution in [2.24, 2.45) is 10.9 Å². The first-order valence-electron chi connectivity index (χ1n) is 11.8. The molecule has 4 rings (SSSR count). The molecule has 1 aliphatic heterocycles. The number of carbonyl (C=O) groups excluding carboxylic acids is 1. The molecule has 1 saturated heterocycles. The Morgan fingerprint density at radius 2 is 1.87 bits per heavy atom. The van der Waals surface area contributed by atoms with Crippen LogP contribution in [0.1, 0.15) is 30.5 Å². The second kappa shape index (κ2) is 12.4. The zero-order valence-electron chi connectivity index (χ0n) is 21.1. The number of carbonyl (C=O) groups is 1. The molecule has 1 fully saturated rings. The topological polar surface area (TPSA) is 74.9 Å². The molecule has 6 nitrogen and oxygen atoms in total. The molecule has 1 amide bonds. The summed E-state index contributed by atoms with van der Waals surface area (Å²) in [6.07, 6.45) is 1.77. The number of nitrogens with zero attached hydrogens (tertiary/aromatic N) is 3. The number of ether oxygens (including phenoxy) is 2. The van der Waals surface area contributed by atoms with Crippen molar-refractivity contribution >= 4 is 57.8 Å². The molecule has 0 bridgehead atoms. The van der Waals surface area contributed by atoms with Gasteiger partial charge in [-0.15, -0.1) is 0 Å². The van der Waals surface area contributed by atoms with Gasteiger partial charge < -0.3 is 9.47 Å². The fourth-order valence-electron chi connectivity index (χ4n) is 3.76. The largest absolute Gasteiger partial charge is 0.493 e. The van der Waals surface area contributed by atoms with Crippen molar-refractivity contribution in [3.05, 3.63) is 92.3 Å². The lowest BCUT2D eigenvalue weighted by Gasteiger charge is -2.17. The first kappa shape index (κ1) is 27.6. The van der Waals surface area contributed by atoms with Crippen LogP contribution in [0.15, 0.2) is 70.6 Å². The maximum Gasteiger partial charge on any atom is 0.266 e. The monoisotopic (exact) mass is 565 g/mol. The number of nitriles is 1. The van der Waals surface area contributed by atoms with E-state index in [1.165, 1.54) is 18.9 Å². The highest BCUT2D eigenvalue weighted by molar-refractivity contribution is 8.18.